The number of hydrogen-bond acceptors (Lipinski definition) is 4. The standard InChI is InChI=1S/C20H25N5/c1-12-7-13(2)9-17(8-12)23-20-22-15(4)11-19(25-20)24-18(21)10-14(3)16-5-6-16/h7-11,16H,5-6H2,1-4H3,(H3,21,22,23,24,25)/b14-10+. The van der Waals surface area contributed by atoms with Crippen LogP contribution in [0, 0.1) is 32.1 Å². The van der Waals surface area contributed by atoms with Crippen LogP contribution in [0.4, 0.5) is 17.5 Å². The lowest BCUT2D eigenvalue weighted by atomic mass is 10.1. The molecule has 3 N–H and O–H groups in total. The summed E-state index contributed by atoms with van der Waals surface area (Å²) in [5, 5.41) is 14.4. The fourth-order valence-corrected chi connectivity index (χ4v) is 2.92. The van der Waals surface area contributed by atoms with Crippen molar-refractivity contribution in [2.24, 2.45) is 5.92 Å². The fraction of sp³-hybridized carbons (Fsp3) is 0.350. The number of allylic oxidation sites excluding steroid dienone is 1. The Hall–Kier alpha value is -2.69. The van der Waals surface area contributed by atoms with Gasteiger partial charge in [-0.3, -0.25) is 5.41 Å². The molecule has 5 nitrogen and oxygen atoms in total. The van der Waals surface area contributed by atoms with Crippen LogP contribution in [0.25, 0.3) is 0 Å². The molecule has 25 heavy (non-hydrogen) atoms. The van der Waals surface area contributed by atoms with Gasteiger partial charge in [0.2, 0.25) is 5.95 Å². The maximum Gasteiger partial charge on any atom is 0.229 e. The van der Waals surface area contributed by atoms with Crippen molar-refractivity contribution in [3.05, 3.63) is 52.7 Å². The highest BCUT2D eigenvalue weighted by Crippen LogP contribution is 2.35. The Balaban J connectivity index is 1.75. The maximum atomic E-state index is 8.13. The summed E-state index contributed by atoms with van der Waals surface area (Å²) in [5.41, 5.74) is 5.46. The number of amidine groups is 1. The Bertz CT molecular complexity index is 814. The lowest BCUT2D eigenvalue weighted by molar-refractivity contribution is 1.01. The van der Waals surface area contributed by atoms with E-state index in [1.807, 2.05) is 19.1 Å². The number of anilines is 3. The molecule has 130 valence electrons. The van der Waals surface area contributed by atoms with Crippen molar-refractivity contribution >= 4 is 23.3 Å². The number of hydrogen-bond donors (Lipinski definition) is 3. The third kappa shape index (κ3) is 4.89. The number of benzene rings is 1. The first-order valence-corrected chi connectivity index (χ1v) is 8.64. The molecule has 1 heterocycles. The molecule has 1 fully saturated rings. The molecule has 1 aromatic heterocycles. The van der Waals surface area contributed by atoms with Gasteiger partial charge in [-0.15, -0.1) is 0 Å². The van der Waals surface area contributed by atoms with Gasteiger partial charge in [0.25, 0.3) is 0 Å². The second kappa shape index (κ2) is 7.05. The van der Waals surface area contributed by atoms with E-state index in [2.05, 4.69) is 59.6 Å². The molecule has 0 atom stereocenters. The SMILES string of the molecule is C/C(=C\C(=N)Nc1cc(C)nc(Nc2cc(C)cc(C)c2)n1)C1CC1. The summed E-state index contributed by atoms with van der Waals surface area (Å²) in [7, 11) is 0. The first-order valence-electron chi connectivity index (χ1n) is 8.64. The van der Waals surface area contributed by atoms with Gasteiger partial charge in [0.05, 0.1) is 0 Å². The molecule has 1 aliphatic rings. The molecule has 3 rings (SSSR count). The molecule has 5 heteroatoms. The van der Waals surface area contributed by atoms with Gasteiger partial charge in [-0.2, -0.15) is 4.98 Å². The summed E-state index contributed by atoms with van der Waals surface area (Å²) in [5.74, 6) is 2.18. The minimum atomic E-state index is 0.361. The minimum absolute atomic E-state index is 0.361. The quantitative estimate of drug-likeness (QED) is 0.537. The Morgan fingerprint density at radius 1 is 1.08 bits per heavy atom. The van der Waals surface area contributed by atoms with E-state index in [1.54, 1.807) is 0 Å². The molecule has 0 radical (unpaired) electrons. The molecule has 0 bridgehead atoms. The maximum absolute atomic E-state index is 8.13. The fourth-order valence-electron chi connectivity index (χ4n) is 2.92. The van der Waals surface area contributed by atoms with Crippen LogP contribution in [0.3, 0.4) is 0 Å². The van der Waals surface area contributed by atoms with E-state index in [4.69, 9.17) is 5.41 Å². The van der Waals surface area contributed by atoms with Crippen molar-refractivity contribution in [2.75, 3.05) is 10.6 Å². The summed E-state index contributed by atoms with van der Waals surface area (Å²) < 4.78 is 0. The molecule has 0 amide bonds. The van der Waals surface area contributed by atoms with Crippen molar-refractivity contribution in [1.29, 1.82) is 5.41 Å². The smallest absolute Gasteiger partial charge is 0.229 e. The summed E-state index contributed by atoms with van der Waals surface area (Å²) in [4.78, 5) is 8.94. The van der Waals surface area contributed by atoms with E-state index in [0.29, 0.717) is 23.5 Å². The van der Waals surface area contributed by atoms with Gasteiger partial charge in [0.15, 0.2) is 0 Å². The molecule has 2 aromatic rings. The van der Waals surface area contributed by atoms with Gasteiger partial charge in [0, 0.05) is 17.4 Å². The lowest BCUT2D eigenvalue weighted by Crippen LogP contribution is -2.11. The molecular weight excluding hydrogens is 310 g/mol. The predicted octanol–water partition coefficient (Wildman–Crippen LogP) is 4.89. The Kier molecular flexibility index (Phi) is 4.83. The number of aromatic nitrogens is 2. The molecule has 0 saturated heterocycles. The van der Waals surface area contributed by atoms with Crippen LogP contribution in [0.5, 0.6) is 0 Å². The number of rotatable bonds is 5. The second-order valence-electron chi connectivity index (χ2n) is 6.92. The molecular formula is C20H25N5. The van der Waals surface area contributed by atoms with Gasteiger partial charge in [-0.25, -0.2) is 4.98 Å². The summed E-state index contributed by atoms with van der Waals surface area (Å²) >= 11 is 0. The van der Waals surface area contributed by atoms with E-state index in [9.17, 15) is 0 Å². The molecule has 1 aliphatic carbocycles. The summed E-state index contributed by atoms with van der Waals surface area (Å²) in [6, 6.07) is 8.11. The van der Waals surface area contributed by atoms with Crippen molar-refractivity contribution in [3.63, 3.8) is 0 Å². The average Bonchev–Trinajstić information content (AvgIpc) is 3.29. The van der Waals surface area contributed by atoms with Gasteiger partial charge in [-0.1, -0.05) is 11.6 Å². The van der Waals surface area contributed by atoms with E-state index in [-0.39, 0.29) is 0 Å². The van der Waals surface area contributed by atoms with Crippen molar-refractivity contribution in [3.8, 4) is 0 Å². The Morgan fingerprint density at radius 2 is 1.76 bits per heavy atom. The first kappa shape index (κ1) is 17.1. The molecule has 0 aliphatic heterocycles. The zero-order valence-electron chi connectivity index (χ0n) is 15.3. The van der Waals surface area contributed by atoms with Crippen LogP contribution in [0.1, 0.15) is 36.6 Å². The highest BCUT2D eigenvalue weighted by molar-refractivity contribution is 6.01. The highest BCUT2D eigenvalue weighted by Gasteiger charge is 2.23. The number of nitrogens with one attached hydrogen (secondary N) is 3. The van der Waals surface area contributed by atoms with E-state index in [0.717, 1.165) is 11.4 Å². The van der Waals surface area contributed by atoms with Crippen molar-refractivity contribution in [1.82, 2.24) is 9.97 Å². The zero-order chi connectivity index (χ0) is 18.0. The van der Waals surface area contributed by atoms with Gasteiger partial charge < -0.3 is 10.6 Å². The average molecular weight is 335 g/mol. The third-order valence-electron chi connectivity index (χ3n) is 4.19. The monoisotopic (exact) mass is 335 g/mol. The second-order valence-corrected chi connectivity index (χ2v) is 6.92. The van der Waals surface area contributed by atoms with Crippen LogP contribution in [-0.4, -0.2) is 15.8 Å². The van der Waals surface area contributed by atoms with Crippen LogP contribution < -0.4 is 10.6 Å². The van der Waals surface area contributed by atoms with Gasteiger partial charge in [-0.05, 0) is 75.8 Å². The van der Waals surface area contributed by atoms with E-state index >= 15 is 0 Å². The minimum Gasteiger partial charge on any atom is -0.325 e. The third-order valence-corrected chi connectivity index (χ3v) is 4.19. The Labute approximate surface area is 149 Å². The summed E-state index contributed by atoms with van der Waals surface area (Å²) in [6.07, 6.45) is 4.38. The Morgan fingerprint density at radius 3 is 2.40 bits per heavy atom. The van der Waals surface area contributed by atoms with Crippen molar-refractivity contribution in [2.45, 2.75) is 40.5 Å². The molecule has 0 unspecified atom stereocenters. The topological polar surface area (TPSA) is 73.7 Å². The van der Waals surface area contributed by atoms with Crippen LogP contribution in [-0.2, 0) is 0 Å². The van der Waals surface area contributed by atoms with E-state index < -0.39 is 0 Å². The van der Waals surface area contributed by atoms with E-state index in [1.165, 1.54) is 29.5 Å². The number of nitrogens with zero attached hydrogens (tertiary/aromatic N) is 2. The molecule has 0 spiro atoms. The number of aryl methyl sites for hydroxylation is 3. The van der Waals surface area contributed by atoms with Gasteiger partial charge in [0.1, 0.15) is 11.7 Å². The largest absolute Gasteiger partial charge is 0.325 e. The molecule has 1 saturated carbocycles. The summed E-state index contributed by atoms with van der Waals surface area (Å²) in [6.45, 7) is 8.15. The molecule has 1 aromatic carbocycles. The normalized spacial score (nSPS) is 14.3. The zero-order valence-corrected chi connectivity index (χ0v) is 15.3. The van der Waals surface area contributed by atoms with Gasteiger partial charge >= 0.3 is 0 Å². The lowest BCUT2D eigenvalue weighted by Gasteiger charge is -2.11. The highest BCUT2D eigenvalue weighted by atomic mass is 15.1. The van der Waals surface area contributed by atoms with Crippen LogP contribution >= 0.6 is 0 Å². The first-order chi connectivity index (χ1) is 11.9. The van der Waals surface area contributed by atoms with Crippen molar-refractivity contribution < 1.29 is 0 Å². The van der Waals surface area contributed by atoms with Crippen LogP contribution in [0.15, 0.2) is 35.9 Å². The predicted molar refractivity (Wildman–Crippen MR) is 104 cm³/mol. The van der Waals surface area contributed by atoms with Crippen LogP contribution in [0.2, 0.25) is 0 Å².